The number of rotatable bonds is 0. The molecule has 17 heavy (non-hydrogen) atoms. The van der Waals surface area contributed by atoms with Crippen LogP contribution in [0.4, 0.5) is 8.78 Å². The molecule has 90 valence electrons. The van der Waals surface area contributed by atoms with Gasteiger partial charge in [-0.25, -0.2) is 8.78 Å². The summed E-state index contributed by atoms with van der Waals surface area (Å²) in [7, 11) is 2.02. The second-order valence-corrected chi connectivity index (χ2v) is 4.82. The molecule has 1 fully saturated rings. The van der Waals surface area contributed by atoms with Crippen LogP contribution in [0, 0.1) is 17.6 Å². The van der Waals surface area contributed by atoms with Gasteiger partial charge in [0.1, 0.15) is 11.6 Å². The van der Waals surface area contributed by atoms with Crippen LogP contribution in [0.2, 0.25) is 0 Å². The Morgan fingerprint density at radius 3 is 3.00 bits per heavy atom. The van der Waals surface area contributed by atoms with E-state index in [1.807, 2.05) is 7.05 Å². The monoisotopic (exact) mass is 236 g/mol. The van der Waals surface area contributed by atoms with Crippen molar-refractivity contribution in [1.82, 2.24) is 10.2 Å². The van der Waals surface area contributed by atoms with Crippen LogP contribution in [-0.2, 0) is 0 Å². The third kappa shape index (κ3) is 1.72. The molecule has 1 atom stereocenters. The van der Waals surface area contributed by atoms with Gasteiger partial charge in [0.2, 0.25) is 0 Å². The molecule has 0 amide bonds. The highest BCUT2D eigenvalue weighted by Gasteiger charge is 2.27. The quantitative estimate of drug-likeness (QED) is 0.683. The van der Waals surface area contributed by atoms with Gasteiger partial charge in [0, 0.05) is 48.3 Å². The number of fused-ring (bicyclic) bond motifs is 2. The Balaban J connectivity index is 2.36. The molecule has 0 unspecified atom stereocenters. The smallest absolute Gasteiger partial charge is 0.134 e. The second-order valence-electron chi connectivity index (χ2n) is 4.82. The van der Waals surface area contributed by atoms with E-state index in [-0.39, 0.29) is 0 Å². The van der Waals surface area contributed by atoms with E-state index in [9.17, 15) is 8.78 Å². The van der Waals surface area contributed by atoms with Crippen molar-refractivity contribution < 1.29 is 8.78 Å². The Bertz CT molecular complexity index is 580. The SMILES string of the molecule is CN1CC2=c3c(F)cc(F)cc3=CNC[C@H]2C1. The van der Waals surface area contributed by atoms with Gasteiger partial charge in [0.05, 0.1) is 0 Å². The molecule has 2 aliphatic heterocycles. The lowest BCUT2D eigenvalue weighted by Crippen LogP contribution is -2.32. The number of nitrogens with zero attached hydrogens (tertiary/aromatic N) is 1. The first-order chi connectivity index (χ1) is 8.15. The van der Waals surface area contributed by atoms with Gasteiger partial charge in [-0.05, 0) is 18.7 Å². The molecule has 0 radical (unpaired) electrons. The van der Waals surface area contributed by atoms with Crippen LogP contribution in [0.3, 0.4) is 0 Å². The van der Waals surface area contributed by atoms with Crippen LogP contribution in [0.25, 0.3) is 11.8 Å². The minimum Gasteiger partial charge on any atom is -0.390 e. The summed E-state index contributed by atoms with van der Waals surface area (Å²) in [6.45, 7) is 2.47. The molecule has 0 aromatic heterocycles. The predicted octanol–water partition coefficient (Wildman–Crippen LogP) is 0.0183. The van der Waals surface area contributed by atoms with E-state index in [1.54, 1.807) is 6.20 Å². The second kappa shape index (κ2) is 3.81. The van der Waals surface area contributed by atoms with Crippen molar-refractivity contribution in [2.75, 3.05) is 26.7 Å². The number of likely N-dealkylation sites (tertiary alicyclic amines) is 1. The zero-order chi connectivity index (χ0) is 12.0. The van der Waals surface area contributed by atoms with Crippen molar-refractivity contribution >= 4 is 11.8 Å². The van der Waals surface area contributed by atoms with Gasteiger partial charge in [-0.15, -0.1) is 0 Å². The highest BCUT2D eigenvalue weighted by molar-refractivity contribution is 5.55. The summed E-state index contributed by atoms with van der Waals surface area (Å²) in [6.07, 6.45) is 1.72. The number of halogens is 2. The molecular formula is C13H14F2N2. The van der Waals surface area contributed by atoms with E-state index in [4.69, 9.17) is 0 Å². The molecule has 3 rings (SSSR count). The molecule has 0 aliphatic carbocycles. The molecule has 1 aromatic carbocycles. The summed E-state index contributed by atoms with van der Waals surface area (Å²) in [6, 6.07) is 2.36. The summed E-state index contributed by atoms with van der Waals surface area (Å²) in [4.78, 5) is 2.17. The standard InChI is InChI=1S/C13H14F2N2/c1-17-6-9-5-16-4-8-2-10(14)3-12(15)13(8)11(9)7-17/h2-4,9,16H,5-7H2,1H3/t9-/m0/s1. The van der Waals surface area contributed by atoms with Crippen molar-refractivity contribution in [2.24, 2.45) is 5.92 Å². The number of benzene rings is 1. The first-order valence-electron chi connectivity index (χ1n) is 5.75. The fourth-order valence-electron chi connectivity index (χ4n) is 2.80. The largest absolute Gasteiger partial charge is 0.390 e. The Kier molecular flexibility index (Phi) is 2.40. The lowest BCUT2D eigenvalue weighted by Gasteiger charge is -2.09. The normalized spacial score (nSPS) is 23.5. The topological polar surface area (TPSA) is 15.3 Å². The molecule has 1 N–H and O–H groups in total. The average Bonchev–Trinajstić information content (AvgIpc) is 2.50. The summed E-state index contributed by atoms with van der Waals surface area (Å²) < 4.78 is 27.2. The van der Waals surface area contributed by atoms with Gasteiger partial charge in [-0.1, -0.05) is 0 Å². The molecule has 2 nitrogen and oxygen atoms in total. The maximum atomic E-state index is 14.0. The summed E-state index contributed by atoms with van der Waals surface area (Å²) in [5.41, 5.74) is 1.08. The predicted molar refractivity (Wildman–Crippen MR) is 62.5 cm³/mol. The van der Waals surface area contributed by atoms with E-state index >= 15 is 0 Å². The van der Waals surface area contributed by atoms with Crippen molar-refractivity contribution in [1.29, 1.82) is 0 Å². The number of hydrogen-bond acceptors (Lipinski definition) is 2. The van der Waals surface area contributed by atoms with Crippen LogP contribution >= 0.6 is 0 Å². The van der Waals surface area contributed by atoms with Crippen molar-refractivity contribution in [3.05, 3.63) is 34.2 Å². The molecule has 0 saturated carbocycles. The Morgan fingerprint density at radius 1 is 1.35 bits per heavy atom. The Hall–Kier alpha value is -1.42. The van der Waals surface area contributed by atoms with E-state index in [0.717, 1.165) is 31.3 Å². The van der Waals surface area contributed by atoms with Crippen LogP contribution in [0.1, 0.15) is 0 Å². The third-order valence-electron chi connectivity index (χ3n) is 3.49. The average molecular weight is 236 g/mol. The number of hydrogen-bond donors (Lipinski definition) is 1. The van der Waals surface area contributed by atoms with Gasteiger partial charge in [0.15, 0.2) is 0 Å². The molecule has 1 aromatic rings. The van der Waals surface area contributed by atoms with Gasteiger partial charge in [-0.3, -0.25) is 0 Å². The highest BCUT2D eigenvalue weighted by atomic mass is 19.1. The van der Waals surface area contributed by atoms with Crippen LogP contribution < -0.4 is 15.8 Å². The van der Waals surface area contributed by atoms with Crippen molar-refractivity contribution in [2.45, 2.75) is 0 Å². The first kappa shape index (κ1) is 10.7. The van der Waals surface area contributed by atoms with Gasteiger partial charge in [0.25, 0.3) is 0 Å². The van der Waals surface area contributed by atoms with Gasteiger partial charge < -0.3 is 10.2 Å². The molecular weight excluding hydrogens is 222 g/mol. The third-order valence-corrected chi connectivity index (χ3v) is 3.49. The molecule has 1 saturated heterocycles. The van der Waals surface area contributed by atoms with E-state index in [0.29, 0.717) is 16.4 Å². The summed E-state index contributed by atoms with van der Waals surface area (Å²) >= 11 is 0. The summed E-state index contributed by atoms with van der Waals surface area (Å²) in [5, 5.41) is 4.35. The number of nitrogens with one attached hydrogen (secondary N) is 1. The lowest BCUT2D eigenvalue weighted by atomic mass is 10.00. The van der Waals surface area contributed by atoms with E-state index in [1.165, 1.54) is 6.07 Å². The Labute approximate surface area is 98.2 Å². The van der Waals surface area contributed by atoms with Crippen LogP contribution in [-0.4, -0.2) is 31.6 Å². The fraction of sp³-hybridized carbons (Fsp3) is 0.385. The minimum absolute atomic E-state index is 0.317. The van der Waals surface area contributed by atoms with Gasteiger partial charge in [-0.2, -0.15) is 0 Å². The van der Waals surface area contributed by atoms with Crippen molar-refractivity contribution in [3.63, 3.8) is 0 Å². The summed E-state index contributed by atoms with van der Waals surface area (Å²) in [5.74, 6) is -0.655. The van der Waals surface area contributed by atoms with E-state index in [2.05, 4.69) is 10.2 Å². The van der Waals surface area contributed by atoms with Crippen molar-refractivity contribution in [3.8, 4) is 0 Å². The van der Waals surface area contributed by atoms with Crippen LogP contribution in [0.15, 0.2) is 12.1 Å². The molecule has 0 spiro atoms. The fourth-order valence-corrected chi connectivity index (χ4v) is 2.80. The van der Waals surface area contributed by atoms with Crippen LogP contribution in [0.5, 0.6) is 0 Å². The van der Waals surface area contributed by atoms with Gasteiger partial charge >= 0.3 is 0 Å². The molecule has 2 heterocycles. The minimum atomic E-state index is -0.523. The molecule has 4 heteroatoms. The first-order valence-corrected chi connectivity index (χ1v) is 5.75. The molecule has 0 bridgehead atoms. The lowest BCUT2D eigenvalue weighted by molar-refractivity contribution is 0.394. The maximum absolute atomic E-state index is 14.0. The maximum Gasteiger partial charge on any atom is 0.134 e. The zero-order valence-electron chi connectivity index (χ0n) is 9.63. The van der Waals surface area contributed by atoms with E-state index < -0.39 is 11.6 Å². The zero-order valence-corrected chi connectivity index (χ0v) is 9.63. The Morgan fingerprint density at radius 2 is 2.18 bits per heavy atom. The highest BCUT2D eigenvalue weighted by Crippen LogP contribution is 2.21. The molecule has 2 aliphatic rings.